The van der Waals surface area contributed by atoms with E-state index >= 15 is 0 Å². The number of hydrogen-bond donors (Lipinski definition) is 3. The number of carbonyl (C=O) groups excluding carboxylic acids is 1. The molecule has 1 amide bonds. The number of fused-ring (bicyclic) bond motifs is 1. The Labute approximate surface area is 156 Å². The zero-order chi connectivity index (χ0) is 19.8. The predicted octanol–water partition coefficient (Wildman–Crippen LogP) is 4.68. The summed E-state index contributed by atoms with van der Waals surface area (Å²) in [6.45, 7) is -0.470. The van der Waals surface area contributed by atoms with Crippen LogP contribution in [0.1, 0.15) is 16.8 Å². The van der Waals surface area contributed by atoms with E-state index in [1.54, 1.807) is 42.6 Å². The first-order chi connectivity index (χ1) is 13.4. The number of rotatable bonds is 4. The average molecular weight is 387 g/mol. The lowest BCUT2D eigenvalue weighted by Crippen LogP contribution is -2.08. The normalized spacial score (nSPS) is 14.3. The van der Waals surface area contributed by atoms with Gasteiger partial charge in [0.1, 0.15) is 0 Å². The maximum absolute atomic E-state index is 13.8. The number of amides is 1. The van der Waals surface area contributed by atoms with Crippen molar-refractivity contribution in [2.75, 3.05) is 10.6 Å². The van der Waals surface area contributed by atoms with E-state index in [-0.39, 0.29) is 12.0 Å². The number of aromatic amines is 1. The zero-order valence-electron chi connectivity index (χ0n) is 14.2. The second-order valence-corrected chi connectivity index (χ2v) is 6.20. The van der Waals surface area contributed by atoms with E-state index in [2.05, 4.69) is 15.6 Å². The van der Waals surface area contributed by atoms with Gasteiger partial charge in [-0.25, -0.2) is 17.6 Å². The highest BCUT2D eigenvalue weighted by molar-refractivity contribution is 6.35. The van der Waals surface area contributed by atoms with Crippen LogP contribution >= 0.6 is 0 Å². The predicted molar refractivity (Wildman–Crippen MR) is 97.3 cm³/mol. The fourth-order valence-electron chi connectivity index (χ4n) is 3.00. The number of benzene rings is 2. The van der Waals surface area contributed by atoms with E-state index in [0.717, 1.165) is 5.69 Å². The molecule has 142 valence electrons. The van der Waals surface area contributed by atoms with Crippen LogP contribution in [0.25, 0.3) is 11.6 Å². The van der Waals surface area contributed by atoms with Crippen molar-refractivity contribution in [2.24, 2.45) is 0 Å². The van der Waals surface area contributed by atoms with Gasteiger partial charge in [-0.1, -0.05) is 0 Å². The first-order valence-electron chi connectivity index (χ1n) is 8.30. The molecule has 1 aliphatic heterocycles. The van der Waals surface area contributed by atoms with Crippen molar-refractivity contribution in [3.63, 3.8) is 0 Å². The summed E-state index contributed by atoms with van der Waals surface area (Å²) >= 11 is 0. The van der Waals surface area contributed by atoms with Crippen molar-refractivity contribution >= 4 is 28.9 Å². The lowest BCUT2D eigenvalue weighted by Gasteiger charge is -2.11. The first-order valence-corrected chi connectivity index (χ1v) is 8.30. The Morgan fingerprint density at radius 1 is 1.00 bits per heavy atom. The Morgan fingerprint density at radius 2 is 1.75 bits per heavy atom. The summed E-state index contributed by atoms with van der Waals surface area (Å²) in [4.78, 5) is 15.2. The minimum atomic E-state index is -1.46. The number of anilines is 2. The molecule has 0 bridgehead atoms. The Bertz CT molecular complexity index is 1080. The molecule has 0 unspecified atom stereocenters. The van der Waals surface area contributed by atoms with E-state index in [4.69, 9.17) is 0 Å². The maximum Gasteiger partial charge on any atom is 0.256 e. The smallest absolute Gasteiger partial charge is 0.256 e. The first kappa shape index (κ1) is 17.8. The number of H-pyrrole nitrogens is 1. The van der Waals surface area contributed by atoms with E-state index in [1.807, 2.05) is 0 Å². The number of aromatic nitrogens is 1. The van der Waals surface area contributed by atoms with Gasteiger partial charge in [0.2, 0.25) is 0 Å². The third-order valence-electron chi connectivity index (χ3n) is 4.40. The van der Waals surface area contributed by atoms with Gasteiger partial charge >= 0.3 is 0 Å². The Hall–Kier alpha value is -3.55. The second-order valence-electron chi connectivity index (χ2n) is 6.20. The van der Waals surface area contributed by atoms with Gasteiger partial charge in [-0.2, -0.15) is 0 Å². The molecule has 0 radical (unpaired) electrons. The zero-order valence-corrected chi connectivity index (χ0v) is 14.2. The Kier molecular flexibility index (Phi) is 4.38. The standard InChI is InChI=1S/C20H13F4N3O/c21-15-8-16(22)19(24)14(18(15)23)9-26-11-3-4-17-12(6-11)13(20(28)27-17)7-10-2-1-5-25-10/h1-8,25-26H,9H2,(H,27,28)/b13-7-. The maximum atomic E-state index is 13.8. The topological polar surface area (TPSA) is 56.9 Å². The van der Waals surface area contributed by atoms with Crippen LogP contribution in [-0.2, 0) is 11.3 Å². The van der Waals surface area contributed by atoms with Gasteiger partial charge in [-0.05, 0) is 36.4 Å². The third-order valence-corrected chi connectivity index (χ3v) is 4.40. The number of hydrogen-bond acceptors (Lipinski definition) is 2. The van der Waals surface area contributed by atoms with Gasteiger partial charge in [0.15, 0.2) is 23.3 Å². The molecule has 8 heteroatoms. The van der Waals surface area contributed by atoms with Crippen LogP contribution in [0, 0.1) is 23.3 Å². The van der Waals surface area contributed by atoms with Crippen LogP contribution in [0.15, 0.2) is 42.6 Å². The molecular weight excluding hydrogens is 374 g/mol. The van der Waals surface area contributed by atoms with Crippen molar-refractivity contribution in [1.82, 2.24) is 4.98 Å². The van der Waals surface area contributed by atoms with Crippen molar-refractivity contribution < 1.29 is 22.4 Å². The summed E-state index contributed by atoms with van der Waals surface area (Å²) in [6, 6.07) is 8.59. The summed E-state index contributed by atoms with van der Waals surface area (Å²) in [5, 5.41) is 5.46. The van der Waals surface area contributed by atoms with Gasteiger partial charge in [0.05, 0.1) is 5.57 Å². The molecule has 4 nitrogen and oxygen atoms in total. The molecule has 2 aromatic carbocycles. The average Bonchev–Trinajstić information content (AvgIpc) is 3.29. The molecule has 1 aromatic heterocycles. The highest BCUT2D eigenvalue weighted by Crippen LogP contribution is 2.35. The van der Waals surface area contributed by atoms with Crippen LogP contribution in [0.2, 0.25) is 0 Å². The summed E-state index contributed by atoms with van der Waals surface area (Å²) in [5.41, 5.74) is 2.01. The molecule has 0 atom stereocenters. The van der Waals surface area contributed by atoms with Crippen molar-refractivity contribution in [3.05, 3.63) is 82.7 Å². The Balaban J connectivity index is 1.63. The lowest BCUT2D eigenvalue weighted by molar-refractivity contribution is -0.110. The Morgan fingerprint density at radius 3 is 2.43 bits per heavy atom. The third kappa shape index (κ3) is 3.13. The molecule has 1 aliphatic rings. The minimum Gasteiger partial charge on any atom is -0.381 e. The van der Waals surface area contributed by atoms with Crippen LogP contribution in [0.3, 0.4) is 0 Å². The number of halogens is 4. The van der Waals surface area contributed by atoms with Crippen LogP contribution in [-0.4, -0.2) is 10.9 Å². The highest BCUT2D eigenvalue weighted by Gasteiger charge is 2.25. The van der Waals surface area contributed by atoms with Gasteiger partial charge in [0.25, 0.3) is 5.91 Å². The van der Waals surface area contributed by atoms with E-state index in [1.165, 1.54) is 0 Å². The molecule has 0 spiro atoms. The SMILES string of the molecule is O=C1Nc2ccc(NCc3c(F)c(F)cc(F)c3F)cc2/C1=C/c1ccc[nH]1. The summed E-state index contributed by atoms with van der Waals surface area (Å²) in [5.74, 6) is -6.11. The van der Waals surface area contributed by atoms with Gasteiger partial charge in [0, 0.05) is 47.0 Å². The van der Waals surface area contributed by atoms with Crippen molar-refractivity contribution in [2.45, 2.75) is 6.54 Å². The molecule has 0 fully saturated rings. The molecular formula is C20H13F4N3O. The lowest BCUT2D eigenvalue weighted by atomic mass is 10.0. The fraction of sp³-hybridized carbons (Fsp3) is 0.0500. The second kappa shape index (κ2) is 6.88. The molecule has 0 saturated heterocycles. The number of carbonyl (C=O) groups is 1. The minimum absolute atomic E-state index is 0.165. The van der Waals surface area contributed by atoms with Crippen LogP contribution in [0.4, 0.5) is 28.9 Å². The number of nitrogens with one attached hydrogen (secondary N) is 3. The van der Waals surface area contributed by atoms with Crippen molar-refractivity contribution in [1.29, 1.82) is 0 Å². The van der Waals surface area contributed by atoms with Gasteiger partial charge in [-0.15, -0.1) is 0 Å². The molecule has 3 N–H and O–H groups in total. The summed E-state index contributed by atoms with van der Waals surface area (Å²) < 4.78 is 54.3. The van der Waals surface area contributed by atoms with Gasteiger partial charge < -0.3 is 15.6 Å². The van der Waals surface area contributed by atoms with Crippen molar-refractivity contribution in [3.8, 4) is 0 Å². The summed E-state index contributed by atoms with van der Waals surface area (Å²) in [6.07, 6.45) is 3.39. The van der Waals surface area contributed by atoms with Crippen LogP contribution in [0.5, 0.6) is 0 Å². The molecule has 0 saturated carbocycles. The van der Waals surface area contributed by atoms with Gasteiger partial charge in [-0.3, -0.25) is 4.79 Å². The highest BCUT2D eigenvalue weighted by atomic mass is 19.2. The van der Waals surface area contributed by atoms with E-state index in [0.29, 0.717) is 22.5 Å². The largest absolute Gasteiger partial charge is 0.381 e. The molecule has 3 aromatic rings. The van der Waals surface area contributed by atoms with E-state index < -0.39 is 35.4 Å². The monoisotopic (exact) mass is 387 g/mol. The quantitative estimate of drug-likeness (QED) is 0.346. The molecule has 4 rings (SSSR count). The fourth-order valence-corrected chi connectivity index (χ4v) is 3.00. The molecule has 2 heterocycles. The molecule has 0 aliphatic carbocycles. The summed E-state index contributed by atoms with van der Waals surface area (Å²) in [7, 11) is 0. The van der Waals surface area contributed by atoms with Crippen LogP contribution < -0.4 is 10.6 Å². The molecule has 28 heavy (non-hydrogen) atoms. The van der Waals surface area contributed by atoms with E-state index in [9.17, 15) is 22.4 Å².